The molecule has 3 nitrogen and oxygen atoms in total. The van der Waals surface area contributed by atoms with E-state index in [1.54, 1.807) is 12.4 Å². The van der Waals surface area contributed by atoms with Crippen molar-refractivity contribution < 1.29 is 9.53 Å². The molecule has 23 heavy (non-hydrogen) atoms. The Morgan fingerprint density at radius 3 is 2.70 bits per heavy atom. The average Bonchev–Trinajstić information content (AvgIpc) is 2.61. The van der Waals surface area contributed by atoms with Gasteiger partial charge in [0, 0.05) is 6.20 Å². The van der Waals surface area contributed by atoms with Gasteiger partial charge in [-0.3, -0.25) is 9.78 Å². The number of hydrogen-bond donors (Lipinski definition) is 0. The summed E-state index contributed by atoms with van der Waals surface area (Å²) < 4.78 is 5.95. The van der Waals surface area contributed by atoms with Gasteiger partial charge in [-0.1, -0.05) is 30.3 Å². The molecule has 2 aromatic rings. The van der Waals surface area contributed by atoms with Crippen LogP contribution in [0.2, 0.25) is 0 Å². The van der Waals surface area contributed by atoms with Crippen LogP contribution in [0.15, 0.2) is 48.3 Å². The lowest BCUT2D eigenvalue weighted by Gasteiger charge is -2.21. The van der Waals surface area contributed by atoms with E-state index in [4.69, 9.17) is 4.74 Å². The van der Waals surface area contributed by atoms with Gasteiger partial charge < -0.3 is 4.74 Å². The molecule has 1 aromatic heterocycles. The monoisotopic (exact) mass is 307 g/mol. The Hall–Kier alpha value is -2.42. The summed E-state index contributed by atoms with van der Waals surface area (Å²) >= 11 is 0. The van der Waals surface area contributed by atoms with Crippen molar-refractivity contribution in [2.45, 2.75) is 32.6 Å². The van der Waals surface area contributed by atoms with Crippen molar-refractivity contribution in [3.63, 3.8) is 0 Å². The Kier molecular flexibility index (Phi) is 4.86. The molecule has 0 atom stereocenters. The summed E-state index contributed by atoms with van der Waals surface area (Å²) in [6.45, 7) is 2.40. The zero-order valence-corrected chi connectivity index (χ0v) is 13.4. The fourth-order valence-corrected chi connectivity index (χ4v) is 3.10. The molecule has 1 aromatic carbocycles. The fraction of sp³-hybridized carbons (Fsp3) is 0.300. The van der Waals surface area contributed by atoms with Crippen LogP contribution in [0.5, 0.6) is 5.75 Å². The van der Waals surface area contributed by atoms with E-state index in [1.165, 1.54) is 29.6 Å². The summed E-state index contributed by atoms with van der Waals surface area (Å²) in [6, 6.07) is 10.5. The predicted octanol–water partition coefficient (Wildman–Crippen LogP) is 4.61. The number of benzene rings is 1. The Labute approximate surface area is 137 Å². The van der Waals surface area contributed by atoms with E-state index in [9.17, 15) is 4.79 Å². The van der Waals surface area contributed by atoms with Crippen LogP contribution in [-0.4, -0.2) is 17.9 Å². The van der Waals surface area contributed by atoms with Crippen LogP contribution in [-0.2, 0) is 0 Å². The third-order valence-electron chi connectivity index (χ3n) is 4.37. The smallest absolute Gasteiger partial charge is 0.154 e. The highest BCUT2D eigenvalue weighted by molar-refractivity contribution is 5.81. The molecule has 118 valence electrons. The van der Waals surface area contributed by atoms with E-state index in [1.807, 2.05) is 13.0 Å². The van der Waals surface area contributed by atoms with Crippen LogP contribution >= 0.6 is 0 Å². The second-order valence-electron chi connectivity index (χ2n) is 5.93. The Bertz CT molecular complexity index is 720. The molecule has 0 radical (unpaired) electrons. The number of carbonyl (C=O) groups excluding carboxylic acids is 1. The molecule has 0 bridgehead atoms. The first-order chi connectivity index (χ1) is 11.3. The molecule has 3 heteroatoms. The Balaban J connectivity index is 1.84. The molecule has 1 aliphatic carbocycles. The Morgan fingerprint density at radius 1 is 1.13 bits per heavy atom. The second kappa shape index (κ2) is 7.23. The molecule has 0 aliphatic heterocycles. The van der Waals surface area contributed by atoms with Gasteiger partial charge in [-0.15, -0.1) is 0 Å². The van der Waals surface area contributed by atoms with Crippen LogP contribution in [0.1, 0.15) is 47.2 Å². The van der Waals surface area contributed by atoms with Gasteiger partial charge in [-0.05, 0) is 54.9 Å². The number of hydrogen-bond acceptors (Lipinski definition) is 3. The van der Waals surface area contributed by atoms with E-state index in [-0.39, 0.29) is 0 Å². The van der Waals surface area contributed by atoms with Gasteiger partial charge in [0.05, 0.1) is 11.8 Å². The zero-order chi connectivity index (χ0) is 16.1. The van der Waals surface area contributed by atoms with Gasteiger partial charge in [0.25, 0.3) is 0 Å². The number of carbonyl (C=O) groups is 1. The van der Waals surface area contributed by atoms with Crippen molar-refractivity contribution in [1.82, 2.24) is 4.98 Å². The largest absolute Gasteiger partial charge is 0.487 e. The number of rotatable bonds is 5. The summed E-state index contributed by atoms with van der Waals surface area (Å²) in [5.41, 5.74) is 5.45. The number of aromatic nitrogens is 1. The van der Waals surface area contributed by atoms with Crippen molar-refractivity contribution in [3.05, 3.63) is 65.0 Å². The molecular weight excluding hydrogens is 286 g/mol. The zero-order valence-electron chi connectivity index (χ0n) is 13.4. The maximum atomic E-state index is 11.3. The normalized spacial score (nSPS) is 14.7. The molecule has 0 spiro atoms. The summed E-state index contributed by atoms with van der Waals surface area (Å²) in [5.74, 6) is 0.575. The average molecular weight is 307 g/mol. The second-order valence-corrected chi connectivity index (χ2v) is 5.93. The summed E-state index contributed by atoms with van der Waals surface area (Å²) in [4.78, 5) is 15.4. The lowest BCUT2D eigenvalue weighted by atomic mass is 9.88. The minimum absolute atomic E-state index is 0.524. The SMILES string of the molecule is Cc1cncc(OCC2=C(c3ccccc3)CCCC2)c1C=O. The van der Waals surface area contributed by atoms with Crippen molar-refractivity contribution in [3.8, 4) is 5.75 Å². The number of pyridine rings is 1. The molecule has 0 amide bonds. The van der Waals surface area contributed by atoms with E-state index in [0.717, 1.165) is 24.7 Å². The highest BCUT2D eigenvalue weighted by atomic mass is 16.5. The number of ether oxygens (including phenoxy) is 1. The van der Waals surface area contributed by atoms with E-state index in [0.29, 0.717) is 17.9 Å². The maximum absolute atomic E-state index is 11.3. The van der Waals surface area contributed by atoms with Gasteiger partial charge >= 0.3 is 0 Å². The number of nitrogens with zero attached hydrogens (tertiary/aromatic N) is 1. The molecule has 0 N–H and O–H groups in total. The third kappa shape index (κ3) is 3.50. The van der Waals surface area contributed by atoms with Crippen molar-refractivity contribution in [2.24, 2.45) is 0 Å². The lowest BCUT2D eigenvalue weighted by molar-refractivity contribution is 0.111. The molecular formula is C20H21NO2. The lowest BCUT2D eigenvalue weighted by Crippen LogP contribution is -2.09. The van der Waals surface area contributed by atoms with E-state index in [2.05, 4.69) is 29.2 Å². The van der Waals surface area contributed by atoms with Gasteiger partial charge in [-0.2, -0.15) is 0 Å². The molecule has 3 rings (SSSR count). The Morgan fingerprint density at radius 2 is 1.91 bits per heavy atom. The molecule has 0 saturated heterocycles. The van der Waals surface area contributed by atoms with Gasteiger partial charge in [0.1, 0.15) is 12.4 Å². The topological polar surface area (TPSA) is 39.2 Å². The predicted molar refractivity (Wildman–Crippen MR) is 91.7 cm³/mol. The minimum Gasteiger partial charge on any atom is -0.487 e. The summed E-state index contributed by atoms with van der Waals surface area (Å²) in [5, 5.41) is 0. The van der Waals surface area contributed by atoms with Crippen molar-refractivity contribution in [1.29, 1.82) is 0 Å². The molecule has 1 heterocycles. The van der Waals surface area contributed by atoms with E-state index < -0.39 is 0 Å². The van der Waals surface area contributed by atoms with Crippen molar-refractivity contribution in [2.75, 3.05) is 6.61 Å². The van der Waals surface area contributed by atoms with Gasteiger partial charge in [0.2, 0.25) is 0 Å². The van der Waals surface area contributed by atoms with Crippen LogP contribution in [0.3, 0.4) is 0 Å². The van der Waals surface area contributed by atoms with Crippen LogP contribution in [0.25, 0.3) is 5.57 Å². The number of aryl methyl sites for hydroxylation is 1. The van der Waals surface area contributed by atoms with Gasteiger partial charge in [-0.25, -0.2) is 0 Å². The van der Waals surface area contributed by atoms with Crippen LogP contribution in [0.4, 0.5) is 0 Å². The first kappa shape index (κ1) is 15.5. The quantitative estimate of drug-likeness (QED) is 0.757. The standard InChI is InChI=1S/C20H21NO2/c1-15-11-21-12-20(19(15)13-22)23-14-17-9-5-6-10-18(17)16-7-3-2-4-8-16/h2-4,7-8,11-13H,5-6,9-10,14H2,1H3. The van der Waals surface area contributed by atoms with Crippen LogP contribution in [0, 0.1) is 6.92 Å². The first-order valence-corrected chi connectivity index (χ1v) is 8.08. The highest BCUT2D eigenvalue weighted by Crippen LogP contribution is 2.32. The molecule has 0 saturated carbocycles. The molecule has 0 unspecified atom stereocenters. The maximum Gasteiger partial charge on any atom is 0.154 e. The number of allylic oxidation sites excluding steroid dienone is 1. The molecule has 0 fully saturated rings. The fourth-order valence-electron chi connectivity index (χ4n) is 3.10. The van der Waals surface area contributed by atoms with Crippen LogP contribution < -0.4 is 4.74 Å². The van der Waals surface area contributed by atoms with Crippen molar-refractivity contribution >= 4 is 11.9 Å². The summed E-state index contributed by atoms with van der Waals surface area (Å²) in [6.07, 6.45) is 8.73. The first-order valence-electron chi connectivity index (χ1n) is 8.08. The highest BCUT2D eigenvalue weighted by Gasteiger charge is 2.16. The summed E-state index contributed by atoms with van der Waals surface area (Å²) in [7, 11) is 0. The molecule has 1 aliphatic rings. The van der Waals surface area contributed by atoms with E-state index >= 15 is 0 Å². The number of aldehydes is 1. The third-order valence-corrected chi connectivity index (χ3v) is 4.37. The minimum atomic E-state index is 0.524. The van der Waals surface area contributed by atoms with Gasteiger partial charge in [0.15, 0.2) is 6.29 Å².